The van der Waals surface area contributed by atoms with Crippen molar-refractivity contribution in [3.05, 3.63) is 69.3 Å². The van der Waals surface area contributed by atoms with Crippen LogP contribution in [0.2, 0.25) is 5.02 Å². The first-order valence-electron chi connectivity index (χ1n) is 7.75. The summed E-state index contributed by atoms with van der Waals surface area (Å²) in [6, 6.07) is 3.89. The predicted octanol–water partition coefficient (Wildman–Crippen LogP) is 2.96. The molecule has 2 aromatic heterocycles. The summed E-state index contributed by atoms with van der Waals surface area (Å²) in [7, 11) is 0. The number of hydrogen-bond donors (Lipinski definition) is 1. The number of nitro groups is 1. The van der Waals surface area contributed by atoms with Crippen LogP contribution >= 0.6 is 11.6 Å². The van der Waals surface area contributed by atoms with Crippen molar-refractivity contribution in [2.75, 3.05) is 5.32 Å². The monoisotopic (exact) mass is 374 g/mol. The van der Waals surface area contributed by atoms with Gasteiger partial charge in [-0.25, -0.2) is 0 Å². The summed E-state index contributed by atoms with van der Waals surface area (Å²) in [5.74, 6) is -0.483. The SMILES string of the molecule is CCn1cc(Cn2cc(NC(=O)c3ccc(Cl)c([N+](=O)[O-])c3)cn2)cn1. The maximum atomic E-state index is 12.3. The van der Waals surface area contributed by atoms with E-state index in [1.165, 1.54) is 18.3 Å². The van der Waals surface area contributed by atoms with E-state index in [0.29, 0.717) is 12.2 Å². The minimum Gasteiger partial charge on any atom is -0.319 e. The number of aryl methyl sites for hydroxylation is 1. The molecule has 1 N–H and O–H groups in total. The first-order valence-corrected chi connectivity index (χ1v) is 8.13. The standard InChI is InChI=1S/C16H15ClN6O3/c1-2-21-8-11(6-18-21)9-22-10-13(7-19-22)20-16(24)12-3-4-14(17)15(5-12)23(25)26/h3-8,10H,2,9H2,1H3,(H,20,24). The van der Waals surface area contributed by atoms with Gasteiger partial charge in [0.25, 0.3) is 11.6 Å². The van der Waals surface area contributed by atoms with Crippen LogP contribution in [0.4, 0.5) is 11.4 Å². The number of benzene rings is 1. The van der Waals surface area contributed by atoms with E-state index in [0.717, 1.165) is 18.2 Å². The number of anilines is 1. The minimum atomic E-state index is -0.631. The quantitative estimate of drug-likeness (QED) is 0.527. The Bertz CT molecular complexity index is 965. The van der Waals surface area contributed by atoms with Crippen LogP contribution in [0.15, 0.2) is 43.0 Å². The van der Waals surface area contributed by atoms with Crippen molar-refractivity contribution in [1.82, 2.24) is 19.6 Å². The molecule has 1 aromatic carbocycles. The van der Waals surface area contributed by atoms with Crippen LogP contribution in [-0.4, -0.2) is 30.4 Å². The Morgan fingerprint density at radius 2 is 2.04 bits per heavy atom. The highest BCUT2D eigenvalue weighted by Gasteiger charge is 2.16. The fourth-order valence-electron chi connectivity index (χ4n) is 2.36. The van der Waals surface area contributed by atoms with E-state index in [1.54, 1.807) is 17.1 Å². The number of carbonyl (C=O) groups is 1. The van der Waals surface area contributed by atoms with Crippen LogP contribution in [0.5, 0.6) is 0 Å². The molecule has 3 rings (SSSR count). The third kappa shape index (κ3) is 3.89. The second kappa shape index (κ2) is 7.36. The number of amides is 1. The van der Waals surface area contributed by atoms with E-state index in [9.17, 15) is 14.9 Å². The summed E-state index contributed by atoms with van der Waals surface area (Å²) in [6.45, 7) is 3.30. The largest absolute Gasteiger partial charge is 0.319 e. The van der Waals surface area contributed by atoms with E-state index in [2.05, 4.69) is 15.5 Å². The number of nitrogens with one attached hydrogen (secondary N) is 1. The lowest BCUT2D eigenvalue weighted by Gasteiger charge is -2.03. The van der Waals surface area contributed by atoms with E-state index >= 15 is 0 Å². The molecule has 0 atom stereocenters. The van der Waals surface area contributed by atoms with Gasteiger partial charge in [0.05, 0.1) is 29.5 Å². The van der Waals surface area contributed by atoms with Gasteiger partial charge in [-0.2, -0.15) is 10.2 Å². The number of nitrogens with zero attached hydrogens (tertiary/aromatic N) is 5. The molecule has 0 aliphatic heterocycles. The lowest BCUT2D eigenvalue weighted by molar-refractivity contribution is -0.384. The number of hydrogen-bond acceptors (Lipinski definition) is 5. The van der Waals surface area contributed by atoms with E-state index < -0.39 is 10.8 Å². The molecule has 0 saturated heterocycles. The number of aromatic nitrogens is 4. The van der Waals surface area contributed by atoms with Crippen LogP contribution in [0, 0.1) is 10.1 Å². The zero-order valence-electron chi connectivity index (χ0n) is 13.8. The highest BCUT2D eigenvalue weighted by molar-refractivity contribution is 6.32. The molecule has 0 fully saturated rings. The van der Waals surface area contributed by atoms with Gasteiger partial charge in [0.2, 0.25) is 0 Å². The number of rotatable bonds is 6. The van der Waals surface area contributed by atoms with Crippen LogP contribution in [-0.2, 0) is 13.1 Å². The molecule has 0 saturated carbocycles. The van der Waals surface area contributed by atoms with Gasteiger partial charge in [-0.1, -0.05) is 11.6 Å². The summed E-state index contributed by atoms with van der Waals surface area (Å²) in [4.78, 5) is 22.6. The molecule has 0 aliphatic rings. The maximum absolute atomic E-state index is 12.3. The second-order valence-electron chi connectivity index (χ2n) is 5.51. The van der Waals surface area contributed by atoms with Crippen molar-refractivity contribution in [1.29, 1.82) is 0 Å². The molecule has 9 nitrogen and oxygen atoms in total. The normalized spacial score (nSPS) is 10.7. The van der Waals surface area contributed by atoms with Gasteiger partial charge >= 0.3 is 0 Å². The average molecular weight is 375 g/mol. The predicted molar refractivity (Wildman–Crippen MR) is 95.3 cm³/mol. The molecule has 26 heavy (non-hydrogen) atoms. The van der Waals surface area contributed by atoms with Gasteiger partial charge in [-0.15, -0.1) is 0 Å². The van der Waals surface area contributed by atoms with Crippen LogP contribution < -0.4 is 5.32 Å². The summed E-state index contributed by atoms with van der Waals surface area (Å²) < 4.78 is 3.48. The molecule has 2 heterocycles. The third-order valence-corrected chi connectivity index (χ3v) is 3.97. The molecule has 0 unspecified atom stereocenters. The van der Waals surface area contributed by atoms with E-state index in [4.69, 9.17) is 11.6 Å². The maximum Gasteiger partial charge on any atom is 0.288 e. The minimum absolute atomic E-state index is 0.0213. The van der Waals surface area contributed by atoms with Gasteiger partial charge in [-0.05, 0) is 19.1 Å². The number of carbonyl (C=O) groups excluding carboxylic acids is 1. The molecule has 0 bridgehead atoms. The number of halogens is 1. The molecular weight excluding hydrogens is 360 g/mol. The molecule has 10 heteroatoms. The molecule has 3 aromatic rings. The Hall–Kier alpha value is -3.20. The highest BCUT2D eigenvalue weighted by Crippen LogP contribution is 2.25. The summed E-state index contributed by atoms with van der Waals surface area (Å²) >= 11 is 5.76. The Morgan fingerprint density at radius 3 is 2.73 bits per heavy atom. The van der Waals surface area contributed by atoms with Crippen LogP contribution in [0.1, 0.15) is 22.8 Å². The van der Waals surface area contributed by atoms with Crippen LogP contribution in [0.25, 0.3) is 0 Å². The Morgan fingerprint density at radius 1 is 1.27 bits per heavy atom. The van der Waals surface area contributed by atoms with Crippen molar-refractivity contribution in [2.45, 2.75) is 20.0 Å². The topological polar surface area (TPSA) is 108 Å². The fraction of sp³-hybridized carbons (Fsp3) is 0.188. The van der Waals surface area contributed by atoms with Crippen molar-refractivity contribution in [3.8, 4) is 0 Å². The zero-order chi connectivity index (χ0) is 18.7. The van der Waals surface area contributed by atoms with E-state index in [1.807, 2.05) is 17.8 Å². The summed E-state index contributed by atoms with van der Waals surface area (Å²) in [5.41, 5.74) is 1.29. The van der Waals surface area contributed by atoms with Crippen molar-refractivity contribution in [3.63, 3.8) is 0 Å². The van der Waals surface area contributed by atoms with Gasteiger partial charge < -0.3 is 5.32 Å². The second-order valence-corrected chi connectivity index (χ2v) is 5.92. The van der Waals surface area contributed by atoms with E-state index in [-0.39, 0.29) is 16.3 Å². The first kappa shape index (κ1) is 17.6. The lowest BCUT2D eigenvalue weighted by Crippen LogP contribution is -2.11. The molecule has 0 aliphatic carbocycles. The van der Waals surface area contributed by atoms with Crippen LogP contribution in [0.3, 0.4) is 0 Å². The highest BCUT2D eigenvalue weighted by atomic mass is 35.5. The summed E-state index contributed by atoms with van der Waals surface area (Å²) in [5, 5.41) is 21.9. The van der Waals surface area contributed by atoms with Crippen molar-refractivity contribution in [2.24, 2.45) is 0 Å². The first-order chi connectivity index (χ1) is 12.5. The lowest BCUT2D eigenvalue weighted by atomic mass is 10.2. The van der Waals surface area contributed by atoms with Gasteiger partial charge in [0.1, 0.15) is 5.02 Å². The molecule has 134 valence electrons. The Kier molecular flexibility index (Phi) is 4.99. The molecular formula is C16H15ClN6O3. The summed E-state index contributed by atoms with van der Waals surface area (Å²) in [6.07, 6.45) is 6.86. The van der Waals surface area contributed by atoms with Crippen molar-refractivity contribution < 1.29 is 9.72 Å². The third-order valence-electron chi connectivity index (χ3n) is 3.65. The molecule has 1 amide bonds. The smallest absolute Gasteiger partial charge is 0.288 e. The molecule has 0 spiro atoms. The molecule has 0 radical (unpaired) electrons. The van der Waals surface area contributed by atoms with Gasteiger partial charge in [0.15, 0.2) is 0 Å². The van der Waals surface area contributed by atoms with Gasteiger partial charge in [-0.3, -0.25) is 24.3 Å². The fourth-order valence-corrected chi connectivity index (χ4v) is 2.55. The average Bonchev–Trinajstić information content (AvgIpc) is 3.24. The van der Waals surface area contributed by atoms with Crippen molar-refractivity contribution >= 4 is 28.9 Å². The Balaban J connectivity index is 1.69. The zero-order valence-corrected chi connectivity index (χ0v) is 14.6. The Labute approximate surface area is 153 Å². The number of nitro benzene ring substituents is 1. The van der Waals surface area contributed by atoms with Gasteiger partial charge in [0, 0.05) is 36.1 Å².